The van der Waals surface area contributed by atoms with Gasteiger partial charge in [-0.3, -0.25) is 0 Å². The Morgan fingerprint density at radius 2 is 2.50 bits per heavy atom. The van der Waals surface area contributed by atoms with Gasteiger partial charge in [-0.1, -0.05) is 15.4 Å². The highest BCUT2D eigenvalue weighted by molar-refractivity contribution is 8.94. The Labute approximate surface area is 50.8 Å². The standard InChI is InChI=1S/C2H8P2S2/c1-2-5-4-6-3/h4H,2-3H2,1H3. The highest BCUT2D eigenvalue weighted by Crippen LogP contribution is 2.45. The van der Waals surface area contributed by atoms with Crippen LogP contribution in [0.25, 0.3) is 0 Å². The lowest BCUT2D eigenvalue weighted by atomic mass is 11.0. The van der Waals surface area contributed by atoms with Crippen LogP contribution in [-0.4, -0.2) is 5.75 Å². The lowest BCUT2D eigenvalue weighted by Crippen LogP contribution is -1.47. The van der Waals surface area contributed by atoms with Gasteiger partial charge in [-0.25, -0.2) is 0 Å². The van der Waals surface area contributed by atoms with Crippen LogP contribution in [0.2, 0.25) is 0 Å². The highest BCUT2D eigenvalue weighted by Gasteiger charge is 1.75. The fraction of sp³-hybridized carbons (Fsp3) is 1.00. The molecule has 0 saturated heterocycles. The van der Waals surface area contributed by atoms with Gasteiger partial charge in [0.05, 0.1) is 0 Å². The highest BCUT2D eigenvalue weighted by atomic mass is 33.2. The molecule has 0 aliphatic heterocycles. The summed E-state index contributed by atoms with van der Waals surface area (Å²) < 4.78 is 0. The van der Waals surface area contributed by atoms with Gasteiger partial charge in [0, 0.05) is 6.98 Å². The largest absolute Gasteiger partial charge is 0.126 e. The van der Waals surface area contributed by atoms with E-state index in [-0.39, 0.29) is 0 Å². The van der Waals surface area contributed by atoms with E-state index in [2.05, 4.69) is 15.4 Å². The molecular weight excluding hydrogens is 150 g/mol. The summed E-state index contributed by atoms with van der Waals surface area (Å²) in [7, 11) is 2.64. The maximum Gasteiger partial charge on any atom is 0.00202 e. The maximum atomic E-state index is 2.64. The number of rotatable bonds is 3. The number of hydrogen-bond donors (Lipinski definition) is 0. The van der Waals surface area contributed by atoms with Gasteiger partial charge in [-0.2, -0.15) is 0 Å². The first-order chi connectivity index (χ1) is 2.91. The van der Waals surface area contributed by atoms with E-state index in [0.717, 1.165) is 6.98 Å². The maximum absolute atomic E-state index is 2.64. The van der Waals surface area contributed by atoms with Gasteiger partial charge in [-0.15, -0.1) is 22.4 Å². The van der Waals surface area contributed by atoms with Gasteiger partial charge in [0.25, 0.3) is 0 Å². The van der Waals surface area contributed by atoms with Crippen molar-refractivity contribution in [2.75, 3.05) is 5.75 Å². The van der Waals surface area contributed by atoms with Crippen LogP contribution in [0.15, 0.2) is 0 Å². The monoisotopic (exact) mass is 158 g/mol. The van der Waals surface area contributed by atoms with Crippen molar-refractivity contribution in [1.82, 2.24) is 0 Å². The zero-order chi connectivity index (χ0) is 4.83. The Morgan fingerprint density at radius 1 is 1.83 bits per heavy atom. The molecule has 6 heavy (non-hydrogen) atoms. The summed E-state index contributed by atoms with van der Waals surface area (Å²) in [5.41, 5.74) is 0. The van der Waals surface area contributed by atoms with E-state index in [0.29, 0.717) is 0 Å². The minimum atomic E-state index is 1.01. The molecule has 0 aliphatic carbocycles. The van der Waals surface area contributed by atoms with E-state index < -0.39 is 0 Å². The Morgan fingerprint density at radius 3 is 2.67 bits per heavy atom. The van der Waals surface area contributed by atoms with Crippen molar-refractivity contribution in [2.24, 2.45) is 0 Å². The predicted octanol–water partition coefficient (Wildman–Crippen LogP) is 2.77. The average molecular weight is 158 g/mol. The molecular formula is C2H8P2S2. The van der Waals surface area contributed by atoms with Gasteiger partial charge in [-0.05, 0) is 5.75 Å². The summed E-state index contributed by atoms with van der Waals surface area (Å²) in [6.07, 6.45) is 0. The third kappa shape index (κ3) is 5.56. The molecule has 0 amide bonds. The fourth-order valence-electron chi connectivity index (χ4n) is 0.0929. The SMILES string of the molecule is CCSPSP. The van der Waals surface area contributed by atoms with Crippen molar-refractivity contribution < 1.29 is 0 Å². The summed E-state index contributed by atoms with van der Waals surface area (Å²) in [5, 5.41) is 0. The van der Waals surface area contributed by atoms with E-state index in [4.69, 9.17) is 0 Å². The molecule has 0 saturated carbocycles. The summed E-state index contributed by atoms with van der Waals surface area (Å²) in [6, 6.07) is 0. The summed E-state index contributed by atoms with van der Waals surface area (Å²) in [6.45, 7) is 3.19. The smallest absolute Gasteiger partial charge is 0.00202 e. The third-order valence-corrected chi connectivity index (χ3v) is 6.79. The van der Waals surface area contributed by atoms with Crippen LogP contribution in [0.4, 0.5) is 0 Å². The molecule has 2 unspecified atom stereocenters. The van der Waals surface area contributed by atoms with Crippen molar-refractivity contribution in [2.45, 2.75) is 6.92 Å². The summed E-state index contributed by atoms with van der Waals surface area (Å²) >= 11 is 3.81. The molecule has 0 radical (unpaired) electrons. The molecule has 0 bridgehead atoms. The van der Waals surface area contributed by atoms with Crippen molar-refractivity contribution in [3.63, 3.8) is 0 Å². The van der Waals surface area contributed by atoms with Crippen LogP contribution in [0, 0.1) is 0 Å². The van der Waals surface area contributed by atoms with Crippen LogP contribution in [0.3, 0.4) is 0 Å². The van der Waals surface area contributed by atoms with Gasteiger partial charge in [0.1, 0.15) is 0 Å². The summed E-state index contributed by atoms with van der Waals surface area (Å²) in [5.74, 6) is 1.25. The molecule has 0 nitrogen and oxygen atoms in total. The topological polar surface area (TPSA) is 0 Å². The van der Waals surface area contributed by atoms with Crippen LogP contribution in [0.5, 0.6) is 0 Å². The molecule has 0 N–H and O–H groups in total. The second kappa shape index (κ2) is 6.56. The van der Waals surface area contributed by atoms with Gasteiger partial charge in [0.2, 0.25) is 0 Å². The van der Waals surface area contributed by atoms with Gasteiger partial charge >= 0.3 is 0 Å². The van der Waals surface area contributed by atoms with Gasteiger partial charge in [0.15, 0.2) is 0 Å². The van der Waals surface area contributed by atoms with Crippen molar-refractivity contribution in [1.29, 1.82) is 0 Å². The Bertz CT molecular complexity index is 21.5. The van der Waals surface area contributed by atoms with Crippen LogP contribution < -0.4 is 0 Å². The molecule has 0 spiro atoms. The van der Waals surface area contributed by atoms with Gasteiger partial charge < -0.3 is 0 Å². The molecule has 2 atom stereocenters. The first-order valence-corrected chi connectivity index (χ1v) is 7.37. The van der Waals surface area contributed by atoms with Crippen molar-refractivity contribution in [3.05, 3.63) is 0 Å². The zero-order valence-electron chi connectivity index (χ0n) is 3.60. The zero-order valence-corrected chi connectivity index (χ0v) is 7.39. The molecule has 0 fully saturated rings. The van der Waals surface area contributed by atoms with E-state index in [1.54, 1.807) is 0 Å². The summed E-state index contributed by atoms with van der Waals surface area (Å²) in [4.78, 5) is 0. The molecule has 0 aliphatic rings. The average Bonchev–Trinajstić information content (AvgIpc) is 1.61. The fourth-order valence-corrected chi connectivity index (χ4v) is 4.35. The van der Waals surface area contributed by atoms with E-state index in [1.807, 2.05) is 22.4 Å². The molecule has 0 aromatic rings. The van der Waals surface area contributed by atoms with Crippen molar-refractivity contribution >= 4 is 37.8 Å². The lowest BCUT2D eigenvalue weighted by molar-refractivity contribution is 1.54. The Hall–Kier alpha value is 1.56. The number of hydrogen-bond acceptors (Lipinski definition) is 2. The molecule has 0 heterocycles. The Balaban J connectivity index is 2.34. The normalized spacial score (nSPS) is 11.0. The lowest BCUT2D eigenvalue weighted by Gasteiger charge is -1.86. The third-order valence-electron chi connectivity index (χ3n) is 0.251. The van der Waals surface area contributed by atoms with Crippen LogP contribution in [-0.2, 0) is 0 Å². The Kier molecular flexibility index (Phi) is 8.27. The predicted molar refractivity (Wildman–Crippen MR) is 43.7 cm³/mol. The molecule has 4 heteroatoms. The molecule has 0 aromatic heterocycles. The minimum Gasteiger partial charge on any atom is -0.126 e. The second-order valence-corrected chi connectivity index (χ2v) is 7.60. The van der Waals surface area contributed by atoms with E-state index in [9.17, 15) is 0 Å². The first kappa shape index (κ1) is 7.56. The van der Waals surface area contributed by atoms with Crippen LogP contribution in [0.1, 0.15) is 6.92 Å². The van der Waals surface area contributed by atoms with Crippen molar-refractivity contribution in [3.8, 4) is 0 Å². The molecule has 0 rings (SSSR count). The molecule has 38 valence electrons. The van der Waals surface area contributed by atoms with Crippen LogP contribution >= 0.6 is 37.8 Å². The second-order valence-electron chi connectivity index (χ2n) is 0.634. The first-order valence-electron chi connectivity index (χ1n) is 1.64. The van der Waals surface area contributed by atoms with E-state index >= 15 is 0 Å². The van der Waals surface area contributed by atoms with E-state index in [1.165, 1.54) is 5.75 Å². The quantitative estimate of drug-likeness (QED) is 0.457. The minimum absolute atomic E-state index is 1.01. The molecule has 0 aromatic carbocycles.